The summed E-state index contributed by atoms with van der Waals surface area (Å²) in [4.78, 5) is 13.9. The Morgan fingerprint density at radius 1 is 1.09 bits per heavy atom. The molecule has 0 saturated carbocycles. The van der Waals surface area contributed by atoms with Crippen LogP contribution in [0.15, 0.2) is 12.3 Å². The van der Waals surface area contributed by atoms with Gasteiger partial charge < -0.3 is 10.1 Å². The van der Waals surface area contributed by atoms with Crippen molar-refractivity contribution in [1.82, 2.24) is 10.2 Å². The van der Waals surface area contributed by atoms with Gasteiger partial charge in [0.1, 0.15) is 0 Å². The van der Waals surface area contributed by atoms with E-state index < -0.39 is 5.60 Å². The van der Waals surface area contributed by atoms with Crippen molar-refractivity contribution in [2.45, 2.75) is 76.7 Å². The molecule has 2 rings (SSSR count). The van der Waals surface area contributed by atoms with Crippen molar-refractivity contribution in [2.24, 2.45) is 0 Å². The molecule has 22 heavy (non-hydrogen) atoms. The molecule has 1 amide bonds. The molecule has 2 aliphatic rings. The van der Waals surface area contributed by atoms with E-state index in [1.807, 2.05) is 0 Å². The standard InChI is InChI=1S/C18H32N2O2/c1-3-4-5-6-7-8-9-10-15-20-16(2)18(22-17(20)21)11-13-19-14-12-18/h19H,2-15H2,1H3. The summed E-state index contributed by atoms with van der Waals surface area (Å²) in [6.45, 7) is 8.98. The van der Waals surface area contributed by atoms with E-state index in [1.165, 1.54) is 44.9 Å². The number of unbranched alkanes of at least 4 members (excludes halogenated alkanes) is 7. The molecule has 0 aliphatic carbocycles. The maximum atomic E-state index is 12.1. The minimum atomic E-state index is -0.414. The fraction of sp³-hybridized carbons (Fsp3) is 0.833. The van der Waals surface area contributed by atoms with E-state index in [0.717, 1.165) is 44.6 Å². The van der Waals surface area contributed by atoms with Crippen LogP contribution in [0.2, 0.25) is 0 Å². The van der Waals surface area contributed by atoms with Crippen LogP contribution in [0.1, 0.15) is 71.1 Å². The molecule has 2 heterocycles. The third-order valence-electron chi connectivity index (χ3n) is 5.00. The number of ether oxygens (including phenoxy) is 1. The maximum absolute atomic E-state index is 12.1. The zero-order valence-corrected chi connectivity index (χ0v) is 14.2. The molecule has 1 N–H and O–H groups in total. The summed E-state index contributed by atoms with van der Waals surface area (Å²) in [5, 5.41) is 3.32. The molecule has 4 heteroatoms. The van der Waals surface area contributed by atoms with Gasteiger partial charge in [-0.25, -0.2) is 4.79 Å². The number of carbonyl (C=O) groups excluding carboxylic acids is 1. The molecule has 2 aliphatic heterocycles. The van der Waals surface area contributed by atoms with Crippen LogP contribution >= 0.6 is 0 Å². The molecule has 0 aromatic rings. The summed E-state index contributed by atoms with van der Waals surface area (Å²) in [6, 6.07) is 0. The molecular weight excluding hydrogens is 276 g/mol. The van der Waals surface area contributed by atoms with Crippen LogP contribution in [-0.2, 0) is 4.74 Å². The van der Waals surface area contributed by atoms with E-state index in [2.05, 4.69) is 18.8 Å². The van der Waals surface area contributed by atoms with Crippen molar-refractivity contribution < 1.29 is 9.53 Å². The molecule has 0 bridgehead atoms. The van der Waals surface area contributed by atoms with Gasteiger partial charge in [-0.15, -0.1) is 0 Å². The average molecular weight is 308 g/mol. The van der Waals surface area contributed by atoms with Crippen molar-refractivity contribution in [1.29, 1.82) is 0 Å². The Morgan fingerprint density at radius 2 is 1.68 bits per heavy atom. The number of nitrogens with one attached hydrogen (secondary N) is 1. The van der Waals surface area contributed by atoms with Gasteiger partial charge in [-0.05, 0) is 19.5 Å². The van der Waals surface area contributed by atoms with Crippen molar-refractivity contribution >= 4 is 6.09 Å². The molecule has 0 aromatic heterocycles. The Morgan fingerprint density at radius 3 is 2.32 bits per heavy atom. The predicted octanol–water partition coefficient (Wildman–Crippen LogP) is 4.22. The first kappa shape index (κ1) is 17.3. The van der Waals surface area contributed by atoms with E-state index in [9.17, 15) is 4.79 Å². The molecule has 2 saturated heterocycles. The second-order valence-corrected chi connectivity index (χ2v) is 6.69. The van der Waals surface area contributed by atoms with Crippen molar-refractivity contribution in [2.75, 3.05) is 19.6 Å². The molecule has 1 spiro atoms. The quantitative estimate of drug-likeness (QED) is 0.649. The van der Waals surface area contributed by atoms with Crippen LogP contribution in [0.25, 0.3) is 0 Å². The van der Waals surface area contributed by atoms with Gasteiger partial charge in [0.25, 0.3) is 0 Å². The number of nitrogens with zero attached hydrogens (tertiary/aromatic N) is 1. The minimum absolute atomic E-state index is 0.185. The lowest BCUT2D eigenvalue weighted by Gasteiger charge is -2.32. The highest BCUT2D eigenvalue weighted by Crippen LogP contribution is 2.39. The van der Waals surface area contributed by atoms with E-state index >= 15 is 0 Å². The van der Waals surface area contributed by atoms with Gasteiger partial charge in [0.15, 0.2) is 5.60 Å². The Balaban J connectivity index is 1.65. The van der Waals surface area contributed by atoms with Crippen molar-refractivity contribution in [3.05, 3.63) is 12.3 Å². The molecule has 2 fully saturated rings. The van der Waals surface area contributed by atoms with E-state index in [4.69, 9.17) is 4.74 Å². The van der Waals surface area contributed by atoms with Gasteiger partial charge >= 0.3 is 6.09 Å². The first-order chi connectivity index (χ1) is 10.7. The summed E-state index contributed by atoms with van der Waals surface area (Å²) in [7, 11) is 0. The lowest BCUT2D eigenvalue weighted by molar-refractivity contribution is 0.0453. The molecule has 0 atom stereocenters. The van der Waals surface area contributed by atoms with E-state index in [-0.39, 0.29) is 6.09 Å². The maximum Gasteiger partial charge on any atom is 0.415 e. The molecule has 126 valence electrons. The van der Waals surface area contributed by atoms with Crippen molar-refractivity contribution in [3.63, 3.8) is 0 Å². The predicted molar refractivity (Wildman–Crippen MR) is 89.8 cm³/mol. The number of hydrogen-bond acceptors (Lipinski definition) is 3. The first-order valence-electron chi connectivity index (χ1n) is 9.10. The van der Waals surface area contributed by atoms with Crippen LogP contribution in [0, 0.1) is 0 Å². The zero-order chi connectivity index (χ0) is 15.8. The summed E-state index contributed by atoms with van der Waals surface area (Å²) >= 11 is 0. The highest BCUT2D eigenvalue weighted by atomic mass is 16.6. The summed E-state index contributed by atoms with van der Waals surface area (Å²) in [6.07, 6.45) is 11.7. The second kappa shape index (κ2) is 8.56. The molecule has 4 nitrogen and oxygen atoms in total. The second-order valence-electron chi connectivity index (χ2n) is 6.69. The Bertz CT molecular complexity index is 375. The fourth-order valence-corrected chi connectivity index (χ4v) is 3.49. The molecule has 0 radical (unpaired) electrons. The van der Waals surface area contributed by atoms with Crippen LogP contribution in [-0.4, -0.2) is 36.2 Å². The number of piperidine rings is 1. The lowest BCUT2D eigenvalue weighted by atomic mass is 9.89. The number of hydrogen-bond donors (Lipinski definition) is 1. The van der Waals surface area contributed by atoms with Crippen LogP contribution < -0.4 is 5.32 Å². The smallest absolute Gasteiger partial charge is 0.415 e. The van der Waals surface area contributed by atoms with E-state index in [0.29, 0.717) is 0 Å². The van der Waals surface area contributed by atoms with Crippen LogP contribution in [0.4, 0.5) is 4.79 Å². The molecule has 0 unspecified atom stereocenters. The summed E-state index contributed by atoms with van der Waals surface area (Å²) < 4.78 is 5.68. The summed E-state index contributed by atoms with van der Waals surface area (Å²) in [5.41, 5.74) is 0.476. The molecule has 0 aromatic carbocycles. The monoisotopic (exact) mass is 308 g/mol. The van der Waals surface area contributed by atoms with Gasteiger partial charge in [-0.2, -0.15) is 0 Å². The third kappa shape index (κ3) is 4.25. The topological polar surface area (TPSA) is 41.6 Å². The van der Waals surface area contributed by atoms with Gasteiger partial charge in [0.05, 0.1) is 5.70 Å². The highest BCUT2D eigenvalue weighted by molar-refractivity contribution is 5.74. The normalized spacial score (nSPS) is 20.7. The number of rotatable bonds is 9. The third-order valence-corrected chi connectivity index (χ3v) is 5.00. The number of carbonyl (C=O) groups is 1. The largest absolute Gasteiger partial charge is 0.436 e. The van der Waals surface area contributed by atoms with Gasteiger partial charge in [-0.3, -0.25) is 4.90 Å². The first-order valence-corrected chi connectivity index (χ1v) is 9.10. The Labute approximate surface area is 135 Å². The SMILES string of the molecule is C=C1N(CCCCCCCCCC)C(=O)OC12CCNCC2. The summed E-state index contributed by atoms with van der Waals surface area (Å²) in [5.74, 6) is 0. The lowest BCUT2D eigenvalue weighted by Crippen LogP contribution is -2.43. The van der Waals surface area contributed by atoms with Gasteiger partial charge in [-0.1, -0.05) is 58.4 Å². The van der Waals surface area contributed by atoms with Crippen LogP contribution in [0.3, 0.4) is 0 Å². The van der Waals surface area contributed by atoms with Crippen LogP contribution in [0.5, 0.6) is 0 Å². The Kier molecular flexibility index (Phi) is 6.74. The average Bonchev–Trinajstić information content (AvgIpc) is 2.74. The zero-order valence-electron chi connectivity index (χ0n) is 14.2. The number of amides is 1. The molecular formula is C18H32N2O2. The Hall–Kier alpha value is -1.03. The van der Waals surface area contributed by atoms with Gasteiger partial charge in [0.2, 0.25) is 0 Å². The van der Waals surface area contributed by atoms with E-state index in [1.54, 1.807) is 4.90 Å². The fourth-order valence-electron chi connectivity index (χ4n) is 3.49. The minimum Gasteiger partial charge on any atom is -0.436 e. The van der Waals surface area contributed by atoms with Crippen molar-refractivity contribution in [3.8, 4) is 0 Å². The van der Waals surface area contributed by atoms with Gasteiger partial charge in [0, 0.05) is 19.4 Å². The highest BCUT2D eigenvalue weighted by Gasteiger charge is 2.48.